The van der Waals surface area contributed by atoms with Crippen molar-refractivity contribution in [3.8, 4) is 0 Å². The van der Waals surface area contributed by atoms with Crippen molar-refractivity contribution in [2.75, 3.05) is 0 Å². The smallest absolute Gasteiger partial charge is 0.333 e. The van der Waals surface area contributed by atoms with Gasteiger partial charge in [0.05, 0.1) is 12.9 Å². The molecule has 2 aromatic heterocycles. The van der Waals surface area contributed by atoms with Crippen LogP contribution in [0.5, 0.6) is 0 Å². The zero-order chi connectivity index (χ0) is 19.0. The molecule has 1 aliphatic carbocycles. The third-order valence-corrected chi connectivity index (χ3v) is 4.75. The van der Waals surface area contributed by atoms with E-state index in [1.165, 1.54) is 4.57 Å². The summed E-state index contributed by atoms with van der Waals surface area (Å²) in [6.45, 7) is 2.44. The first kappa shape index (κ1) is 17.3. The van der Waals surface area contributed by atoms with Crippen molar-refractivity contribution in [1.29, 1.82) is 0 Å². The maximum atomic E-state index is 13.0. The van der Waals surface area contributed by atoms with Crippen LogP contribution in [0.3, 0.4) is 0 Å². The highest BCUT2D eigenvalue weighted by molar-refractivity contribution is 5.77. The lowest BCUT2D eigenvalue weighted by Crippen LogP contribution is -2.44. The normalized spacial score (nSPS) is 13.8. The Morgan fingerprint density at radius 3 is 2.59 bits per heavy atom. The van der Waals surface area contributed by atoms with Crippen LogP contribution in [0, 0.1) is 0 Å². The number of carbonyl (C=O) groups is 1. The summed E-state index contributed by atoms with van der Waals surface area (Å²) in [6.07, 6.45) is 3.45. The van der Waals surface area contributed by atoms with E-state index in [2.05, 4.69) is 10.3 Å². The molecule has 4 rings (SSSR count). The Morgan fingerprint density at radius 2 is 1.93 bits per heavy atom. The molecule has 0 saturated heterocycles. The Morgan fingerprint density at radius 1 is 1.19 bits per heavy atom. The van der Waals surface area contributed by atoms with Crippen LogP contribution in [0.2, 0.25) is 0 Å². The Bertz CT molecular complexity index is 1110. The van der Waals surface area contributed by atoms with Crippen LogP contribution in [0.25, 0.3) is 11.2 Å². The van der Waals surface area contributed by atoms with Crippen molar-refractivity contribution in [3.05, 3.63) is 63.1 Å². The fourth-order valence-corrected chi connectivity index (χ4v) is 3.17. The number of imidazole rings is 1. The van der Waals surface area contributed by atoms with Gasteiger partial charge >= 0.3 is 5.69 Å². The van der Waals surface area contributed by atoms with Crippen molar-refractivity contribution in [3.63, 3.8) is 0 Å². The maximum absolute atomic E-state index is 13.0. The number of aryl methyl sites for hydroxylation is 1. The minimum atomic E-state index is -0.524. The highest BCUT2D eigenvalue weighted by Gasteiger charge is 2.25. The zero-order valence-corrected chi connectivity index (χ0v) is 15.1. The van der Waals surface area contributed by atoms with Crippen molar-refractivity contribution in [2.24, 2.45) is 0 Å². The third-order valence-electron chi connectivity index (χ3n) is 4.75. The molecule has 1 N–H and O–H groups in total. The lowest BCUT2D eigenvalue weighted by molar-refractivity contribution is -0.121. The van der Waals surface area contributed by atoms with Crippen LogP contribution in [-0.4, -0.2) is 30.6 Å². The molecule has 0 radical (unpaired) electrons. The molecule has 2 heterocycles. The van der Waals surface area contributed by atoms with Gasteiger partial charge in [-0.25, -0.2) is 14.3 Å². The van der Waals surface area contributed by atoms with Gasteiger partial charge in [-0.15, -0.1) is 0 Å². The van der Waals surface area contributed by atoms with Crippen molar-refractivity contribution < 1.29 is 4.79 Å². The number of amides is 1. The van der Waals surface area contributed by atoms with Crippen LogP contribution in [0.4, 0.5) is 0 Å². The van der Waals surface area contributed by atoms with Crippen molar-refractivity contribution in [2.45, 2.75) is 45.4 Å². The van der Waals surface area contributed by atoms with E-state index in [1.54, 1.807) is 10.9 Å². The SMILES string of the molecule is CCn1cnc2c1c(=O)n(CC(=O)NC1CC1)c(=O)n2Cc1ccccc1. The van der Waals surface area contributed by atoms with E-state index in [9.17, 15) is 14.4 Å². The second kappa shape index (κ2) is 6.86. The topological polar surface area (TPSA) is 90.9 Å². The summed E-state index contributed by atoms with van der Waals surface area (Å²) in [6, 6.07) is 9.67. The Labute approximate surface area is 155 Å². The largest absolute Gasteiger partial charge is 0.352 e. The van der Waals surface area contributed by atoms with Gasteiger partial charge in [0, 0.05) is 12.6 Å². The second-order valence-electron chi connectivity index (χ2n) is 6.79. The average Bonchev–Trinajstić information content (AvgIpc) is 3.37. The lowest BCUT2D eigenvalue weighted by atomic mass is 10.2. The predicted molar refractivity (Wildman–Crippen MR) is 101 cm³/mol. The Balaban J connectivity index is 1.84. The van der Waals surface area contributed by atoms with Gasteiger partial charge in [-0.05, 0) is 25.3 Å². The van der Waals surface area contributed by atoms with Gasteiger partial charge in [0.25, 0.3) is 5.56 Å². The summed E-state index contributed by atoms with van der Waals surface area (Å²) in [7, 11) is 0. The van der Waals surface area contributed by atoms with Gasteiger partial charge in [0.15, 0.2) is 11.2 Å². The minimum absolute atomic E-state index is 0.171. The van der Waals surface area contributed by atoms with Gasteiger partial charge in [-0.1, -0.05) is 30.3 Å². The van der Waals surface area contributed by atoms with Gasteiger partial charge in [-0.3, -0.25) is 14.2 Å². The molecule has 140 valence electrons. The molecule has 0 spiro atoms. The monoisotopic (exact) mass is 367 g/mol. The third kappa shape index (κ3) is 3.30. The number of hydrogen-bond acceptors (Lipinski definition) is 4. The van der Waals surface area contributed by atoms with Gasteiger partial charge in [-0.2, -0.15) is 0 Å². The van der Waals surface area contributed by atoms with E-state index in [4.69, 9.17) is 0 Å². The summed E-state index contributed by atoms with van der Waals surface area (Å²) in [5.41, 5.74) is 0.592. The number of nitrogens with zero attached hydrogens (tertiary/aromatic N) is 4. The number of nitrogens with one attached hydrogen (secondary N) is 1. The number of benzene rings is 1. The molecule has 1 amide bonds. The molecule has 1 aromatic carbocycles. The lowest BCUT2D eigenvalue weighted by Gasteiger charge is -2.12. The fourth-order valence-electron chi connectivity index (χ4n) is 3.17. The second-order valence-corrected chi connectivity index (χ2v) is 6.79. The maximum Gasteiger partial charge on any atom is 0.333 e. The van der Waals surface area contributed by atoms with E-state index in [-0.39, 0.29) is 25.0 Å². The first-order valence-corrected chi connectivity index (χ1v) is 9.10. The van der Waals surface area contributed by atoms with Crippen LogP contribution >= 0.6 is 0 Å². The Hall–Kier alpha value is -3.16. The van der Waals surface area contributed by atoms with Gasteiger partial charge < -0.3 is 9.88 Å². The highest BCUT2D eigenvalue weighted by Crippen LogP contribution is 2.18. The molecule has 3 aromatic rings. The number of hydrogen-bond donors (Lipinski definition) is 1. The molecule has 0 aliphatic heterocycles. The number of carbonyl (C=O) groups excluding carboxylic acids is 1. The molecule has 8 heteroatoms. The van der Waals surface area contributed by atoms with E-state index in [1.807, 2.05) is 37.3 Å². The highest BCUT2D eigenvalue weighted by atomic mass is 16.2. The Kier molecular flexibility index (Phi) is 4.39. The molecular formula is C19H21N5O3. The van der Waals surface area contributed by atoms with Gasteiger partial charge in [0.2, 0.25) is 5.91 Å². The van der Waals surface area contributed by atoms with E-state index < -0.39 is 11.2 Å². The molecule has 1 aliphatic rings. The molecule has 1 saturated carbocycles. The average molecular weight is 367 g/mol. The molecular weight excluding hydrogens is 346 g/mol. The van der Waals surface area contributed by atoms with Crippen LogP contribution in [0.15, 0.2) is 46.2 Å². The molecule has 1 fully saturated rings. The first-order chi connectivity index (χ1) is 13.1. The fraction of sp³-hybridized carbons (Fsp3) is 0.368. The minimum Gasteiger partial charge on any atom is -0.352 e. The molecule has 0 atom stereocenters. The summed E-state index contributed by atoms with van der Waals surface area (Å²) >= 11 is 0. The van der Waals surface area contributed by atoms with Gasteiger partial charge in [0.1, 0.15) is 6.54 Å². The van der Waals surface area contributed by atoms with Crippen LogP contribution < -0.4 is 16.6 Å². The summed E-state index contributed by atoms with van der Waals surface area (Å²) in [5.74, 6) is -0.315. The quantitative estimate of drug-likeness (QED) is 0.695. The molecule has 0 unspecified atom stereocenters. The summed E-state index contributed by atoms with van der Waals surface area (Å²) in [4.78, 5) is 42.5. The zero-order valence-electron chi connectivity index (χ0n) is 15.1. The van der Waals surface area contributed by atoms with Crippen LogP contribution in [0.1, 0.15) is 25.3 Å². The number of rotatable bonds is 6. The molecule has 27 heavy (non-hydrogen) atoms. The molecule has 0 bridgehead atoms. The number of fused-ring (bicyclic) bond motifs is 1. The number of aromatic nitrogens is 4. The summed E-state index contributed by atoms with van der Waals surface area (Å²) < 4.78 is 4.17. The predicted octanol–water partition coefficient (Wildman–Crippen LogP) is 0.706. The molecule has 8 nitrogen and oxygen atoms in total. The van der Waals surface area contributed by atoms with Crippen LogP contribution in [-0.2, 0) is 24.4 Å². The van der Waals surface area contributed by atoms with Crippen molar-refractivity contribution in [1.82, 2.24) is 24.0 Å². The standard InChI is InChI=1S/C19H21N5O3/c1-2-22-12-20-17-16(22)18(26)24(11-15(25)21-14-8-9-14)19(27)23(17)10-13-6-4-3-5-7-13/h3-7,12,14H,2,8-11H2,1H3,(H,21,25). The van der Waals surface area contributed by atoms with E-state index >= 15 is 0 Å². The summed E-state index contributed by atoms with van der Waals surface area (Å²) in [5, 5.41) is 2.83. The van der Waals surface area contributed by atoms with Crippen molar-refractivity contribution >= 4 is 17.1 Å². The first-order valence-electron chi connectivity index (χ1n) is 9.10. The van der Waals surface area contributed by atoms with E-state index in [0.717, 1.165) is 23.0 Å². The van der Waals surface area contributed by atoms with E-state index in [0.29, 0.717) is 17.7 Å².